The molecule has 0 N–H and O–H groups in total. The van der Waals surface area contributed by atoms with Crippen LogP contribution in [0.5, 0.6) is 0 Å². The van der Waals surface area contributed by atoms with Crippen molar-refractivity contribution in [2.75, 3.05) is 13.1 Å². The molecule has 0 aliphatic heterocycles. The van der Waals surface area contributed by atoms with E-state index in [0.29, 0.717) is 0 Å². The molecule has 0 fully saturated rings. The Bertz CT molecular complexity index is 966. The Labute approximate surface area is 191 Å². The molecule has 0 saturated heterocycles. The lowest BCUT2D eigenvalue weighted by molar-refractivity contribution is 0.0751. The minimum atomic E-state index is 0.154. The number of pyridine rings is 1. The lowest BCUT2D eigenvalue weighted by atomic mass is 10.0. The smallest absolute Gasteiger partial charge is 0.254 e. The second kappa shape index (κ2) is 12.0. The molecule has 2 heterocycles. The summed E-state index contributed by atoms with van der Waals surface area (Å²) >= 11 is 1.73. The Hall–Kier alpha value is -2.20. The van der Waals surface area contributed by atoms with Crippen LogP contribution in [0.3, 0.4) is 0 Å². The van der Waals surface area contributed by atoms with Gasteiger partial charge < -0.3 is 4.90 Å². The third-order valence-electron chi connectivity index (χ3n) is 5.79. The summed E-state index contributed by atoms with van der Waals surface area (Å²) in [5, 5.41) is 0.955. The Morgan fingerprint density at radius 1 is 0.903 bits per heavy atom. The Morgan fingerprint density at radius 3 is 2.19 bits per heavy atom. The lowest BCUT2D eigenvalue weighted by Gasteiger charge is -2.24. The zero-order chi connectivity index (χ0) is 22.1. The molecule has 0 saturated carbocycles. The standard InChI is InChI=1S/C27H36N2OS/c1-4-6-8-12-18-29(19-13-9-7-5-2)27(30)23-20-25(26-17-16-21(3)31-26)28-24-15-11-10-14-22(23)24/h10-11,14-17,20H,4-9,12-13,18-19H2,1-3H3. The topological polar surface area (TPSA) is 33.2 Å². The quantitative estimate of drug-likeness (QED) is 0.271. The van der Waals surface area contributed by atoms with Crippen LogP contribution in [0.1, 0.15) is 80.4 Å². The number of amides is 1. The third-order valence-corrected chi connectivity index (χ3v) is 6.81. The molecule has 4 heteroatoms. The molecule has 0 unspecified atom stereocenters. The Morgan fingerprint density at radius 2 is 1.58 bits per heavy atom. The molecule has 0 spiro atoms. The minimum absolute atomic E-state index is 0.154. The molecule has 0 atom stereocenters. The number of para-hydroxylation sites is 1. The number of benzene rings is 1. The fourth-order valence-electron chi connectivity index (χ4n) is 3.99. The first kappa shape index (κ1) is 23.5. The molecule has 31 heavy (non-hydrogen) atoms. The highest BCUT2D eigenvalue weighted by Crippen LogP contribution is 2.30. The van der Waals surface area contributed by atoms with Gasteiger partial charge in [0, 0.05) is 23.4 Å². The normalized spacial score (nSPS) is 11.2. The van der Waals surface area contributed by atoms with Gasteiger partial charge in [0.15, 0.2) is 0 Å². The average Bonchev–Trinajstić information content (AvgIpc) is 3.23. The monoisotopic (exact) mass is 436 g/mol. The van der Waals surface area contributed by atoms with Gasteiger partial charge in [-0.2, -0.15) is 0 Å². The predicted octanol–water partition coefficient (Wildman–Crippen LogP) is 7.87. The molecule has 1 amide bonds. The number of unbranched alkanes of at least 4 members (excludes halogenated alkanes) is 6. The van der Waals surface area contributed by atoms with Crippen molar-refractivity contribution in [3.8, 4) is 10.6 Å². The summed E-state index contributed by atoms with van der Waals surface area (Å²) in [4.78, 5) is 23.1. The highest BCUT2D eigenvalue weighted by atomic mass is 32.1. The number of nitrogens with zero attached hydrogens (tertiary/aromatic N) is 2. The second-order valence-corrected chi connectivity index (χ2v) is 9.68. The van der Waals surface area contributed by atoms with Crippen LogP contribution < -0.4 is 0 Å². The zero-order valence-corrected chi connectivity index (χ0v) is 20.1. The number of carbonyl (C=O) groups is 1. The highest BCUT2D eigenvalue weighted by molar-refractivity contribution is 7.15. The first-order valence-electron chi connectivity index (χ1n) is 11.9. The van der Waals surface area contributed by atoms with Gasteiger partial charge in [-0.25, -0.2) is 4.98 Å². The van der Waals surface area contributed by atoms with Gasteiger partial charge in [0.2, 0.25) is 0 Å². The van der Waals surface area contributed by atoms with E-state index >= 15 is 0 Å². The molecule has 3 aromatic rings. The van der Waals surface area contributed by atoms with Crippen LogP contribution in [0.4, 0.5) is 0 Å². The van der Waals surface area contributed by atoms with E-state index in [1.54, 1.807) is 11.3 Å². The number of fused-ring (bicyclic) bond motifs is 1. The molecule has 0 aliphatic rings. The van der Waals surface area contributed by atoms with Gasteiger partial charge in [-0.15, -0.1) is 11.3 Å². The van der Waals surface area contributed by atoms with E-state index in [0.717, 1.165) is 53.0 Å². The first-order valence-corrected chi connectivity index (χ1v) is 12.7. The first-order chi connectivity index (χ1) is 15.1. The molecular weight excluding hydrogens is 400 g/mol. The number of rotatable bonds is 12. The van der Waals surface area contributed by atoms with Crippen LogP contribution in [-0.4, -0.2) is 28.9 Å². The van der Waals surface area contributed by atoms with Crippen LogP contribution in [0, 0.1) is 6.92 Å². The minimum Gasteiger partial charge on any atom is -0.339 e. The molecule has 0 aliphatic carbocycles. The highest BCUT2D eigenvalue weighted by Gasteiger charge is 2.20. The van der Waals surface area contributed by atoms with Crippen LogP contribution in [0.15, 0.2) is 42.5 Å². The fourth-order valence-corrected chi connectivity index (χ4v) is 4.82. The summed E-state index contributed by atoms with van der Waals surface area (Å²) in [6.07, 6.45) is 9.42. The van der Waals surface area contributed by atoms with Gasteiger partial charge >= 0.3 is 0 Å². The maximum atomic E-state index is 13.8. The summed E-state index contributed by atoms with van der Waals surface area (Å²) in [5.41, 5.74) is 2.58. The van der Waals surface area contributed by atoms with Crippen molar-refractivity contribution in [3.05, 3.63) is 52.9 Å². The third kappa shape index (κ3) is 6.39. The van der Waals surface area contributed by atoms with Crippen molar-refractivity contribution in [3.63, 3.8) is 0 Å². The van der Waals surface area contributed by atoms with E-state index < -0.39 is 0 Å². The Kier molecular flexibility index (Phi) is 9.08. The fraction of sp³-hybridized carbons (Fsp3) is 0.481. The van der Waals surface area contributed by atoms with Gasteiger partial charge in [0.05, 0.1) is 21.7 Å². The van der Waals surface area contributed by atoms with Gasteiger partial charge in [0.1, 0.15) is 0 Å². The van der Waals surface area contributed by atoms with E-state index in [4.69, 9.17) is 4.98 Å². The lowest BCUT2D eigenvalue weighted by Crippen LogP contribution is -2.33. The van der Waals surface area contributed by atoms with E-state index in [9.17, 15) is 4.79 Å². The number of aryl methyl sites for hydroxylation is 1. The molecule has 3 nitrogen and oxygen atoms in total. The van der Waals surface area contributed by atoms with Crippen LogP contribution >= 0.6 is 11.3 Å². The van der Waals surface area contributed by atoms with Gasteiger partial charge in [-0.1, -0.05) is 70.6 Å². The molecular formula is C27H36N2OS. The van der Waals surface area contributed by atoms with Crippen LogP contribution in [0.25, 0.3) is 21.5 Å². The molecule has 1 aromatic carbocycles. The summed E-state index contributed by atoms with van der Waals surface area (Å²) in [5.74, 6) is 0.154. The summed E-state index contributed by atoms with van der Waals surface area (Å²) in [6.45, 7) is 8.24. The van der Waals surface area contributed by atoms with E-state index in [1.807, 2.05) is 30.3 Å². The maximum Gasteiger partial charge on any atom is 0.254 e. The number of hydrogen-bond acceptors (Lipinski definition) is 3. The van der Waals surface area contributed by atoms with E-state index in [-0.39, 0.29) is 5.91 Å². The van der Waals surface area contributed by atoms with Crippen molar-refractivity contribution in [2.24, 2.45) is 0 Å². The van der Waals surface area contributed by atoms with Crippen molar-refractivity contribution in [2.45, 2.75) is 72.1 Å². The summed E-state index contributed by atoms with van der Waals surface area (Å²) < 4.78 is 0. The van der Waals surface area contributed by atoms with Gasteiger partial charge in [0.25, 0.3) is 5.91 Å². The zero-order valence-electron chi connectivity index (χ0n) is 19.3. The average molecular weight is 437 g/mol. The van der Waals surface area contributed by atoms with Gasteiger partial charge in [-0.3, -0.25) is 4.79 Å². The molecule has 2 aromatic heterocycles. The largest absolute Gasteiger partial charge is 0.339 e. The number of hydrogen-bond donors (Lipinski definition) is 0. The summed E-state index contributed by atoms with van der Waals surface area (Å²) in [6, 6.07) is 14.3. The van der Waals surface area contributed by atoms with Crippen molar-refractivity contribution >= 4 is 28.1 Å². The second-order valence-electron chi connectivity index (χ2n) is 8.40. The number of aromatic nitrogens is 1. The Balaban J connectivity index is 1.91. The van der Waals surface area contributed by atoms with E-state index in [2.05, 4.69) is 37.8 Å². The molecule has 166 valence electrons. The SMILES string of the molecule is CCCCCCN(CCCCCC)C(=O)c1cc(-c2ccc(C)s2)nc2ccccc12. The van der Waals surface area contributed by atoms with Crippen molar-refractivity contribution < 1.29 is 4.79 Å². The molecule has 0 bridgehead atoms. The predicted molar refractivity (Wildman–Crippen MR) is 134 cm³/mol. The maximum absolute atomic E-state index is 13.8. The van der Waals surface area contributed by atoms with Crippen molar-refractivity contribution in [1.29, 1.82) is 0 Å². The molecule has 3 rings (SSSR count). The summed E-state index contributed by atoms with van der Waals surface area (Å²) in [7, 11) is 0. The van der Waals surface area contributed by atoms with E-state index in [1.165, 1.54) is 43.4 Å². The van der Waals surface area contributed by atoms with Crippen LogP contribution in [-0.2, 0) is 0 Å². The number of carbonyl (C=O) groups excluding carboxylic acids is 1. The van der Waals surface area contributed by atoms with Gasteiger partial charge in [-0.05, 0) is 44.0 Å². The molecule has 0 radical (unpaired) electrons. The van der Waals surface area contributed by atoms with Crippen LogP contribution in [0.2, 0.25) is 0 Å². The van der Waals surface area contributed by atoms with Crippen molar-refractivity contribution in [1.82, 2.24) is 9.88 Å². The number of thiophene rings is 1.